The fourth-order valence-corrected chi connectivity index (χ4v) is 3.50. The van der Waals surface area contributed by atoms with Gasteiger partial charge in [0.25, 0.3) is 5.91 Å². The third kappa shape index (κ3) is 3.55. The number of carbonyl (C=O) groups is 1. The predicted molar refractivity (Wildman–Crippen MR) is 102 cm³/mol. The molecular weight excluding hydrogens is 342 g/mol. The van der Waals surface area contributed by atoms with Gasteiger partial charge in [0.1, 0.15) is 5.82 Å². The minimum Gasteiger partial charge on any atom is -0.383 e. The summed E-state index contributed by atoms with van der Waals surface area (Å²) in [6, 6.07) is 3.74. The summed E-state index contributed by atoms with van der Waals surface area (Å²) in [4.78, 5) is 16.7. The first kappa shape index (κ1) is 17.3. The van der Waals surface area contributed by atoms with Gasteiger partial charge < -0.3 is 11.1 Å². The summed E-state index contributed by atoms with van der Waals surface area (Å²) in [6.45, 7) is 4.96. The van der Waals surface area contributed by atoms with E-state index in [9.17, 15) is 4.79 Å². The van der Waals surface area contributed by atoms with Crippen molar-refractivity contribution >= 4 is 17.4 Å². The van der Waals surface area contributed by atoms with E-state index in [1.54, 1.807) is 23.3 Å². The highest BCUT2D eigenvalue weighted by atomic mass is 16.2. The van der Waals surface area contributed by atoms with Crippen LogP contribution in [0, 0.1) is 5.41 Å². The summed E-state index contributed by atoms with van der Waals surface area (Å²) in [7, 11) is 0. The Kier molecular flexibility index (Phi) is 4.18. The van der Waals surface area contributed by atoms with Crippen molar-refractivity contribution in [1.29, 1.82) is 0 Å². The molecule has 4 rings (SSSR count). The van der Waals surface area contributed by atoms with Gasteiger partial charge in [-0.15, -0.1) is 0 Å². The fraction of sp³-hybridized carbons (Fsp3) is 0.368. The Morgan fingerprint density at radius 2 is 2.30 bits per heavy atom. The monoisotopic (exact) mass is 365 g/mol. The van der Waals surface area contributed by atoms with Crippen LogP contribution in [-0.2, 0) is 19.4 Å². The molecule has 1 amide bonds. The number of nitrogens with two attached hydrogens (primary N) is 1. The molecule has 0 bridgehead atoms. The van der Waals surface area contributed by atoms with Crippen LogP contribution >= 0.6 is 0 Å². The minimum absolute atomic E-state index is 0.215. The van der Waals surface area contributed by atoms with Crippen molar-refractivity contribution in [3.05, 3.63) is 53.2 Å². The number of amides is 1. The van der Waals surface area contributed by atoms with Crippen LogP contribution < -0.4 is 11.1 Å². The number of nitrogens with one attached hydrogen (secondary N) is 2. The normalized spacial score (nSPS) is 15.3. The Balaban J connectivity index is 1.46. The van der Waals surface area contributed by atoms with Crippen LogP contribution in [0.3, 0.4) is 0 Å². The molecule has 140 valence electrons. The summed E-state index contributed by atoms with van der Waals surface area (Å²) >= 11 is 0. The third-order valence-corrected chi connectivity index (χ3v) is 5.02. The molecule has 3 aromatic rings. The Labute approximate surface area is 157 Å². The van der Waals surface area contributed by atoms with Gasteiger partial charge in [0.2, 0.25) is 0 Å². The molecule has 8 nitrogen and oxygen atoms in total. The van der Waals surface area contributed by atoms with Crippen molar-refractivity contribution in [1.82, 2.24) is 25.0 Å². The Hall–Kier alpha value is -3.16. The van der Waals surface area contributed by atoms with Crippen LogP contribution in [0.1, 0.15) is 47.6 Å². The van der Waals surface area contributed by atoms with Crippen molar-refractivity contribution in [3.63, 3.8) is 0 Å². The predicted octanol–water partition coefficient (Wildman–Crippen LogP) is 2.40. The van der Waals surface area contributed by atoms with E-state index >= 15 is 0 Å². The highest BCUT2D eigenvalue weighted by Gasteiger charge is 2.30. The van der Waals surface area contributed by atoms with Crippen LogP contribution in [-0.4, -0.2) is 30.9 Å². The van der Waals surface area contributed by atoms with E-state index in [2.05, 4.69) is 39.4 Å². The largest absolute Gasteiger partial charge is 0.383 e. The van der Waals surface area contributed by atoms with E-state index in [1.165, 1.54) is 0 Å². The molecule has 0 saturated carbocycles. The molecule has 1 aliphatic rings. The number of fused-ring (bicyclic) bond motifs is 1. The van der Waals surface area contributed by atoms with Gasteiger partial charge in [-0.1, -0.05) is 19.9 Å². The van der Waals surface area contributed by atoms with E-state index < -0.39 is 0 Å². The molecule has 3 heterocycles. The summed E-state index contributed by atoms with van der Waals surface area (Å²) in [5.41, 5.74) is 10.2. The zero-order chi connectivity index (χ0) is 19.0. The Bertz CT molecular complexity index is 986. The molecule has 1 aliphatic carbocycles. The highest BCUT2D eigenvalue weighted by molar-refractivity contribution is 6.03. The quantitative estimate of drug-likeness (QED) is 0.657. The lowest BCUT2D eigenvalue weighted by molar-refractivity contribution is 0.102. The number of pyridine rings is 1. The van der Waals surface area contributed by atoms with Gasteiger partial charge in [-0.2, -0.15) is 10.2 Å². The topological polar surface area (TPSA) is 115 Å². The molecule has 0 fully saturated rings. The van der Waals surface area contributed by atoms with Gasteiger partial charge in [0, 0.05) is 29.2 Å². The maximum Gasteiger partial charge on any atom is 0.276 e. The number of hydrogen-bond acceptors (Lipinski definition) is 5. The van der Waals surface area contributed by atoms with Crippen molar-refractivity contribution in [2.45, 2.75) is 39.7 Å². The third-order valence-electron chi connectivity index (χ3n) is 5.02. The molecular formula is C19H23N7O. The van der Waals surface area contributed by atoms with E-state index in [-0.39, 0.29) is 11.3 Å². The van der Waals surface area contributed by atoms with Crippen molar-refractivity contribution in [2.75, 3.05) is 11.1 Å². The summed E-state index contributed by atoms with van der Waals surface area (Å²) in [6.07, 6.45) is 7.86. The maximum absolute atomic E-state index is 12.7. The van der Waals surface area contributed by atoms with Crippen molar-refractivity contribution < 1.29 is 4.79 Å². The summed E-state index contributed by atoms with van der Waals surface area (Å²) < 4.78 is 1.71. The molecule has 0 aliphatic heterocycles. The van der Waals surface area contributed by atoms with Crippen LogP contribution in [0.4, 0.5) is 11.5 Å². The van der Waals surface area contributed by atoms with Crippen LogP contribution in [0.2, 0.25) is 0 Å². The lowest BCUT2D eigenvalue weighted by Crippen LogP contribution is -2.23. The number of H-pyrrole nitrogens is 1. The molecule has 3 aromatic heterocycles. The lowest BCUT2D eigenvalue weighted by atomic mass is 9.76. The van der Waals surface area contributed by atoms with Crippen LogP contribution in [0.5, 0.6) is 0 Å². The summed E-state index contributed by atoms with van der Waals surface area (Å²) in [5.74, 6) is 0.261. The van der Waals surface area contributed by atoms with Crippen LogP contribution in [0.25, 0.3) is 0 Å². The second kappa shape index (κ2) is 6.53. The number of hydrogen-bond donors (Lipinski definition) is 3. The molecule has 27 heavy (non-hydrogen) atoms. The molecule has 0 saturated heterocycles. The van der Waals surface area contributed by atoms with Gasteiger partial charge in [-0.05, 0) is 30.7 Å². The zero-order valence-electron chi connectivity index (χ0n) is 15.5. The highest BCUT2D eigenvalue weighted by Crippen LogP contribution is 2.35. The molecule has 0 atom stereocenters. The average Bonchev–Trinajstić information content (AvgIpc) is 3.22. The lowest BCUT2D eigenvalue weighted by Gasteiger charge is -2.28. The van der Waals surface area contributed by atoms with E-state index in [4.69, 9.17) is 5.73 Å². The first-order valence-corrected chi connectivity index (χ1v) is 9.00. The van der Waals surface area contributed by atoms with Gasteiger partial charge in [-0.25, -0.2) is 4.98 Å². The minimum atomic E-state index is -0.215. The number of nitrogen functional groups attached to an aromatic ring is 1. The van der Waals surface area contributed by atoms with E-state index in [0.29, 0.717) is 23.7 Å². The van der Waals surface area contributed by atoms with Gasteiger partial charge in [0.15, 0.2) is 5.69 Å². The number of rotatable bonds is 4. The second-order valence-corrected chi connectivity index (χ2v) is 7.80. The Morgan fingerprint density at radius 1 is 1.44 bits per heavy atom. The van der Waals surface area contributed by atoms with Gasteiger partial charge >= 0.3 is 0 Å². The van der Waals surface area contributed by atoms with Crippen molar-refractivity contribution in [2.24, 2.45) is 5.41 Å². The number of carbonyl (C=O) groups excluding carboxylic acids is 1. The maximum atomic E-state index is 12.7. The zero-order valence-corrected chi connectivity index (χ0v) is 15.5. The molecule has 0 unspecified atom stereocenters. The van der Waals surface area contributed by atoms with Crippen LogP contribution in [0.15, 0.2) is 30.7 Å². The molecule has 4 N–H and O–H groups in total. The molecule has 0 radical (unpaired) electrons. The van der Waals surface area contributed by atoms with Gasteiger partial charge in [0.05, 0.1) is 18.4 Å². The van der Waals surface area contributed by atoms with Gasteiger partial charge in [-0.3, -0.25) is 14.6 Å². The first-order valence-electron chi connectivity index (χ1n) is 9.00. The second-order valence-electron chi connectivity index (χ2n) is 7.80. The molecule has 8 heteroatoms. The number of aromatic amines is 1. The first-order chi connectivity index (χ1) is 12.9. The fourth-order valence-electron chi connectivity index (χ4n) is 3.50. The number of aromatic nitrogens is 5. The van der Waals surface area contributed by atoms with Crippen molar-refractivity contribution in [3.8, 4) is 0 Å². The van der Waals surface area contributed by atoms with E-state index in [0.717, 1.165) is 36.1 Å². The smallest absolute Gasteiger partial charge is 0.276 e. The Morgan fingerprint density at radius 3 is 3.11 bits per heavy atom. The SMILES string of the molecule is CC1(C)CCc2c(C(=O)Nc3cnn(Cc4cccnc4N)c3)n[nH]c2C1. The average molecular weight is 365 g/mol. The summed E-state index contributed by atoms with van der Waals surface area (Å²) in [5, 5.41) is 14.5. The molecule has 0 spiro atoms. The standard InChI is InChI=1S/C19H23N7O/c1-19(2)6-5-14-15(8-19)24-25-16(14)18(27)23-13-9-22-26(11-13)10-12-4-3-7-21-17(12)20/h3-4,7,9,11H,5-6,8,10H2,1-2H3,(H2,20,21)(H,23,27)(H,24,25). The molecule has 0 aromatic carbocycles. The number of anilines is 2. The van der Waals surface area contributed by atoms with E-state index in [1.807, 2.05) is 12.1 Å². The number of nitrogens with zero attached hydrogens (tertiary/aromatic N) is 4.